The molecule has 110 valence electrons. The number of aromatic nitrogens is 1. The summed E-state index contributed by atoms with van der Waals surface area (Å²) in [5.74, 6) is 0.944. The van der Waals surface area contributed by atoms with Gasteiger partial charge in [0.2, 0.25) is 5.91 Å². The van der Waals surface area contributed by atoms with Crippen LogP contribution in [0.5, 0.6) is 0 Å². The van der Waals surface area contributed by atoms with Gasteiger partial charge in [-0.15, -0.1) is 0 Å². The minimum atomic E-state index is -0.193. The lowest BCUT2D eigenvalue weighted by Gasteiger charge is -2.17. The largest absolute Gasteiger partial charge is 0.310 e. The molecule has 0 saturated carbocycles. The Morgan fingerprint density at radius 2 is 1.81 bits per heavy atom. The van der Waals surface area contributed by atoms with Crippen molar-refractivity contribution in [2.24, 2.45) is 5.92 Å². The van der Waals surface area contributed by atoms with Gasteiger partial charge in [0.1, 0.15) is 5.82 Å². The zero-order chi connectivity index (χ0) is 15.2. The summed E-state index contributed by atoms with van der Waals surface area (Å²) in [6.07, 6.45) is 2.66. The number of hydrogen-bond acceptors (Lipinski definition) is 2. The van der Waals surface area contributed by atoms with Gasteiger partial charge in [-0.1, -0.05) is 44.2 Å². The molecule has 1 aromatic heterocycles. The fraction of sp³-hybridized carbons (Fsp3) is 0.333. The average molecular weight is 282 g/mol. The third-order valence-corrected chi connectivity index (χ3v) is 3.46. The number of anilines is 1. The van der Waals surface area contributed by atoms with Gasteiger partial charge in [-0.2, -0.15) is 0 Å². The first-order valence-corrected chi connectivity index (χ1v) is 7.37. The molecular formula is C18H22N2O. The highest BCUT2D eigenvalue weighted by atomic mass is 16.1. The number of nitrogens with one attached hydrogen (secondary N) is 1. The quantitative estimate of drug-likeness (QED) is 0.900. The molecule has 1 amide bonds. The number of carbonyl (C=O) groups is 1. The Bertz CT molecular complexity index is 593. The number of nitrogens with zero attached hydrogens (tertiary/aromatic N) is 1. The summed E-state index contributed by atoms with van der Waals surface area (Å²) >= 11 is 0. The Kier molecular flexibility index (Phi) is 5.09. The molecule has 0 unspecified atom stereocenters. The lowest BCUT2D eigenvalue weighted by molar-refractivity contribution is -0.117. The summed E-state index contributed by atoms with van der Waals surface area (Å²) in [7, 11) is 0. The molecule has 1 aromatic carbocycles. The van der Waals surface area contributed by atoms with E-state index in [1.807, 2.05) is 37.3 Å². The van der Waals surface area contributed by atoms with Gasteiger partial charge in [0.25, 0.3) is 0 Å². The molecule has 0 radical (unpaired) electrons. The van der Waals surface area contributed by atoms with Gasteiger partial charge >= 0.3 is 0 Å². The van der Waals surface area contributed by atoms with E-state index in [0.717, 1.165) is 12.0 Å². The van der Waals surface area contributed by atoms with Gasteiger partial charge in [0.15, 0.2) is 0 Å². The monoisotopic (exact) mass is 282 g/mol. The minimum Gasteiger partial charge on any atom is -0.310 e. The Morgan fingerprint density at radius 1 is 1.10 bits per heavy atom. The molecule has 1 heterocycles. The van der Waals surface area contributed by atoms with Crippen molar-refractivity contribution in [3.05, 3.63) is 59.8 Å². The highest BCUT2D eigenvalue weighted by Crippen LogP contribution is 2.23. The maximum atomic E-state index is 12.4. The van der Waals surface area contributed by atoms with Gasteiger partial charge in [0, 0.05) is 6.20 Å². The van der Waals surface area contributed by atoms with Crippen molar-refractivity contribution in [3.8, 4) is 0 Å². The van der Waals surface area contributed by atoms with Crippen LogP contribution in [-0.4, -0.2) is 10.9 Å². The summed E-state index contributed by atoms with van der Waals surface area (Å²) in [4.78, 5) is 16.5. The van der Waals surface area contributed by atoms with Gasteiger partial charge in [-0.3, -0.25) is 4.79 Å². The summed E-state index contributed by atoms with van der Waals surface area (Å²) in [6, 6.07) is 13.7. The second-order valence-corrected chi connectivity index (χ2v) is 5.72. The molecule has 2 rings (SSSR count). The minimum absolute atomic E-state index is 0.0232. The van der Waals surface area contributed by atoms with Crippen molar-refractivity contribution in [2.75, 3.05) is 5.32 Å². The number of rotatable bonds is 5. The molecular weight excluding hydrogens is 260 g/mol. The molecule has 0 bridgehead atoms. The molecule has 0 aliphatic heterocycles. The Hall–Kier alpha value is -2.16. The van der Waals surface area contributed by atoms with E-state index in [9.17, 15) is 4.79 Å². The zero-order valence-corrected chi connectivity index (χ0v) is 12.8. The van der Waals surface area contributed by atoms with Crippen LogP contribution in [0.3, 0.4) is 0 Å². The maximum absolute atomic E-state index is 12.4. The van der Waals surface area contributed by atoms with Crippen LogP contribution in [0, 0.1) is 5.92 Å². The molecule has 2 aromatic rings. The van der Waals surface area contributed by atoms with Crippen LogP contribution in [0.25, 0.3) is 0 Å². The van der Waals surface area contributed by atoms with E-state index in [2.05, 4.69) is 30.2 Å². The van der Waals surface area contributed by atoms with Crippen molar-refractivity contribution in [1.82, 2.24) is 4.98 Å². The van der Waals surface area contributed by atoms with E-state index in [4.69, 9.17) is 0 Å². The molecule has 3 nitrogen and oxygen atoms in total. The Labute approximate surface area is 126 Å². The molecule has 0 spiro atoms. The summed E-state index contributed by atoms with van der Waals surface area (Å²) < 4.78 is 0. The summed E-state index contributed by atoms with van der Waals surface area (Å²) in [6.45, 7) is 6.32. The second kappa shape index (κ2) is 7.02. The molecule has 3 heteroatoms. The molecule has 0 aliphatic rings. The van der Waals surface area contributed by atoms with Crippen molar-refractivity contribution < 1.29 is 4.79 Å². The molecule has 1 atom stereocenters. The zero-order valence-electron chi connectivity index (χ0n) is 12.8. The number of hydrogen-bond donors (Lipinski definition) is 1. The lowest BCUT2D eigenvalue weighted by Crippen LogP contribution is -2.20. The molecule has 0 aliphatic carbocycles. The molecule has 0 fully saturated rings. The molecule has 21 heavy (non-hydrogen) atoms. The predicted octanol–water partition coefficient (Wildman–Crippen LogP) is 4.02. The fourth-order valence-electron chi connectivity index (χ4n) is 2.39. The van der Waals surface area contributed by atoms with E-state index >= 15 is 0 Å². The maximum Gasteiger partial charge on any atom is 0.232 e. The average Bonchev–Trinajstić information content (AvgIpc) is 2.47. The smallest absolute Gasteiger partial charge is 0.232 e. The summed E-state index contributed by atoms with van der Waals surface area (Å²) in [5.41, 5.74) is 2.34. The van der Waals surface area contributed by atoms with Crippen molar-refractivity contribution in [1.29, 1.82) is 0 Å². The lowest BCUT2D eigenvalue weighted by atomic mass is 9.90. The van der Waals surface area contributed by atoms with Gasteiger partial charge in [-0.25, -0.2) is 4.98 Å². The number of pyridine rings is 1. The van der Waals surface area contributed by atoms with E-state index in [-0.39, 0.29) is 11.8 Å². The van der Waals surface area contributed by atoms with Gasteiger partial charge in [-0.05, 0) is 42.5 Å². The van der Waals surface area contributed by atoms with E-state index in [0.29, 0.717) is 11.7 Å². The van der Waals surface area contributed by atoms with Gasteiger partial charge < -0.3 is 5.32 Å². The van der Waals surface area contributed by atoms with Crippen LogP contribution in [0.4, 0.5) is 5.82 Å². The second-order valence-electron chi connectivity index (χ2n) is 5.72. The van der Waals surface area contributed by atoms with Crippen LogP contribution >= 0.6 is 0 Å². The first-order valence-electron chi connectivity index (χ1n) is 7.37. The molecule has 1 N–H and O–H groups in total. The van der Waals surface area contributed by atoms with E-state index < -0.39 is 0 Å². The third-order valence-electron chi connectivity index (χ3n) is 3.46. The van der Waals surface area contributed by atoms with Crippen molar-refractivity contribution in [3.63, 3.8) is 0 Å². The van der Waals surface area contributed by atoms with Crippen LogP contribution in [0.1, 0.15) is 37.8 Å². The standard InChI is InChI=1S/C18H22N2O/c1-13(2)12-15-8-4-5-9-16(15)14(3)18(21)20-17-10-6-7-11-19-17/h4-11,13-14H,12H2,1-3H3,(H,19,20,21)/t14-/m1/s1. The summed E-state index contributed by atoms with van der Waals surface area (Å²) in [5, 5.41) is 2.87. The first kappa shape index (κ1) is 15.2. The normalized spacial score (nSPS) is 12.2. The predicted molar refractivity (Wildman–Crippen MR) is 86.3 cm³/mol. The van der Waals surface area contributed by atoms with Gasteiger partial charge in [0.05, 0.1) is 5.92 Å². The Balaban J connectivity index is 2.16. The Morgan fingerprint density at radius 3 is 2.48 bits per heavy atom. The first-order chi connectivity index (χ1) is 10.1. The number of carbonyl (C=O) groups excluding carboxylic acids is 1. The van der Waals surface area contributed by atoms with Crippen LogP contribution < -0.4 is 5.32 Å². The highest BCUT2D eigenvalue weighted by Gasteiger charge is 2.18. The van der Waals surface area contributed by atoms with Crippen molar-refractivity contribution >= 4 is 11.7 Å². The van der Waals surface area contributed by atoms with Crippen LogP contribution in [0.15, 0.2) is 48.7 Å². The molecule has 0 saturated heterocycles. The fourth-order valence-corrected chi connectivity index (χ4v) is 2.39. The number of benzene rings is 1. The topological polar surface area (TPSA) is 42.0 Å². The van der Waals surface area contributed by atoms with Crippen LogP contribution in [-0.2, 0) is 11.2 Å². The van der Waals surface area contributed by atoms with Crippen LogP contribution in [0.2, 0.25) is 0 Å². The third kappa shape index (κ3) is 4.15. The highest BCUT2D eigenvalue weighted by molar-refractivity contribution is 5.95. The van der Waals surface area contributed by atoms with E-state index in [1.165, 1.54) is 5.56 Å². The SMILES string of the molecule is CC(C)Cc1ccccc1[C@@H](C)C(=O)Nc1ccccn1. The van der Waals surface area contributed by atoms with E-state index in [1.54, 1.807) is 12.3 Å². The number of amides is 1. The van der Waals surface area contributed by atoms with Crippen molar-refractivity contribution in [2.45, 2.75) is 33.1 Å².